The molecule has 1 unspecified atom stereocenters. The summed E-state index contributed by atoms with van der Waals surface area (Å²) < 4.78 is 5.23. The van der Waals surface area contributed by atoms with Crippen molar-refractivity contribution in [2.75, 3.05) is 0 Å². The molecule has 4 nitrogen and oxygen atoms in total. The van der Waals surface area contributed by atoms with Gasteiger partial charge in [-0.05, 0) is 17.5 Å². The van der Waals surface area contributed by atoms with Crippen molar-refractivity contribution in [1.29, 1.82) is 0 Å². The third-order valence-electron chi connectivity index (χ3n) is 2.68. The Kier molecular flexibility index (Phi) is 2.92. The molecule has 0 aliphatic carbocycles. The molecule has 0 aromatic carbocycles. The van der Waals surface area contributed by atoms with E-state index in [-0.39, 0.29) is 0 Å². The Balaban J connectivity index is 2.01. The summed E-state index contributed by atoms with van der Waals surface area (Å²) in [6.45, 7) is 0. The summed E-state index contributed by atoms with van der Waals surface area (Å²) in [4.78, 5) is 4.00. The monoisotopic (exact) mass is 258 g/mol. The zero-order valence-corrected chi connectivity index (χ0v) is 10.2. The third-order valence-corrected chi connectivity index (χ3v) is 3.36. The Labute approximate surface area is 108 Å². The van der Waals surface area contributed by atoms with Gasteiger partial charge < -0.3 is 9.63 Å². The molecule has 0 saturated heterocycles. The van der Waals surface area contributed by atoms with Crippen molar-refractivity contribution < 1.29 is 9.63 Å². The van der Waals surface area contributed by atoms with Crippen molar-refractivity contribution in [3.05, 3.63) is 58.7 Å². The SMILES string of the molecule is OC(c1cccnc1)c1cnoc1-c1ccsc1. The lowest BCUT2D eigenvalue weighted by Crippen LogP contribution is -1.99. The molecule has 0 amide bonds. The summed E-state index contributed by atoms with van der Waals surface area (Å²) in [5.74, 6) is 0.604. The van der Waals surface area contributed by atoms with Gasteiger partial charge in [0.2, 0.25) is 0 Å². The first-order valence-electron chi connectivity index (χ1n) is 5.41. The Morgan fingerprint density at radius 1 is 1.28 bits per heavy atom. The lowest BCUT2D eigenvalue weighted by Gasteiger charge is -2.08. The average Bonchev–Trinajstić information content (AvgIpc) is 3.09. The number of aliphatic hydroxyl groups is 1. The maximum atomic E-state index is 10.3. The van der Waals surface area contributed by atoms with E-state index in [0.29, 0.717) is 11.3 Å². The minimum atomic E-state index is -0.778. The molecule has 0 saturated carbocycles. The van der Waals surface area contributed by atoms with Crippen LogP contribution in [0.3, 0.4) is 0 Å². The second-order valence-corrected chi connectivity index (χ2v) is 4.59. The minimum Gasteiger partial charge on any atom is -0.383 e. The predicted molar refractivity (Wildman–Crippen MR) is 68.1 cm³/mol. The fraction of sp³-hybridized carbons (Fsp3) is 0.0769. The molecule has 0 bridgehead atoms. The molecule has 0 fully saturated rings. The largest absolute Gasteiger partial charge is 0.383 e. The summed E-state index contributed by atoms with van der Waals surface area (Å²) in [7, 11) is 0. The van der Waals surface area contributed by atoms with Crippen LogP contribution in [0.15, 0.2) is 52.1 Å². The quantitative estimate of drug-likeness (QED) is 0.784. The summed E-state index contributed by atoms with van der Waals surface area (Å²) in [5.41, 5.74) is 2.30. The van der Waals surface area contributed by atoms with E-state index in [0.717, 1.165) is 11.1 Å². The van der Waals surface area contributed by atoms with E-state index in [9.17, 15) is 5.11 Å². The molecular formula is C13H10N2O2S. The van der Waals surface area contributed by atoms with Gasteiger partial charge in [-0.2, -0.15) is 11.3 Å². The molecule has 3 aromatic rings. The van der Waals surface area contributed by atoms with Gasteiger partial charge in [-0.25, -0.2) is 0 Å². The van der Waals surface area contributed by atoms with Crippen LogP contribution in [-0.2, 0) is 0 Å². The van der Waals surface area contributed by atoms with E-state index in [2.05, 4.69) is 10.1 Å². The lowest BCUT2D eigenvalue weighted by molar-refractivity contribution is 0.219. The molecule has 0 aliphatic heterocycles. The van der Waals surface area contributed by atoms with Gasteiger partial charge in [0.05, 0.1) is 11.8 Å². The van der Waals surface area contributed by atoms with E-state index in [1.807, 2.05) is 22.9 Å². The molecule has 3 rings (SSSR count). The summed E-state index contributed by atoms with van der Waals surface area (Å²) in [6.07, 6.45) is 4.07. The van der Waals surface area contributed by atoms with E-state index in [1.165, 1.54) is 0 Å². The highest BCUT2D eigenvalue weighted by atomic mass is 32.1. The normalized spacial score (nSPS) is 12.5. The first kappa shape index (κ1) is 11.1. The molecule has 0 radical (unpaired) electrons. The molecule has 0 aliphatic rings. The molecular weight excluding hydrogens is 248 g/mol. The van der Waals surface area contributed by atoms with Crippen LogP contribution < -0.4 is 0 Å². The molecule has 90 valence electrons. The molecule has 3 heterocycles. The van der Waals surface area contributed by atoms with Crippen LogP contribution >= 0.6 is 11.3 Å². The van der Waals surface area contributed by atoms with Crippen molar-refractivity contribution in [3.8, 4) is 11.3 Å². The Morgan fingerprint density at radius 2 is 2.22 bits per heavy atom. The molecule has 0 spiro atoms. The zero-order valence-electron chi connectivity index (χ0n) is 9.35. The van der Waals surface area contributed by atoms with Gasteiger partial charge in [0, 0.05) is 28.9 Å². The number of hydrogen-bond donors (Lipinski definition) is 1. The van der Waals surface area contributed by atoms with Crippen LogP contribution in [0.2, 0.25) is 0 Å². The fourth-order valence-corrected chi connectivity index (χ4v) is 2.41. The van der Waals surface area contributed by atoms with Crippen LogP contribution in [-0.4, -0.2) is 15.2 Å². The van der Waals surface area contributed by atoms with Crippen LogP contribution in [0.5, 0.6) is 0 Å². The number of rotatable bonds is 3. The number of pyridine rings is 1. The number of aromatic nitrogens is 2. The predicted octanol–water partition coefficient (Wildman–Crippen LogP) is 2.88. The maximum Gasteiger partial charge on any atom is 0.173 e. The Bertz CT molecular complexity index is 620. The van der Waals surface area contributed by atoms with Crippen LogP contribution in [0, 0.1) is 0 Å². The average molecular weight is 258 g/mol. The van der Waals surface area contributed by atoms with Crippen molar-refractivity contribution in [3.63, 3.8) is 0 Å². The smallest absolute Gasteiger partial charge is 0.173 e. The first-order valence-corrected chi connectivity index (χ1v) is 6.35. The van der Waals surface area contributed by atoms with Crippen molar-refractivity contribution in [1.82, 2.24) is 10.1 Å². The van der Waals surface area contributed by atoms with E-state index >= 15 is 0 Å². The zero-order chi connectivity index (χ0) is 12.4. The van der Waals surface area contributed by atoms with Gasteiger partial charge in [0.25, 0.3) is 0 Å². The van der Waals surface area contributed by atoms with Crippen molar-refractivity contribution in [2.45, 2.75) is 6.10 Å². The van der Waals surface area contributed by atoms with Gasteiger partial charge >= 0.3 is 0 Å². The van der Waals surface area contributed by atoms with Gasteiger partial charge in [0.15, 0.2) is 5.76 Å². The van der Waals surface area contributed by atoms with Gasteiger partial charge in [-0.1, -0.05) is 11.2 Å². The number of aliphatic hydroxyl groups excluding tert-OH is 1. The molecule has 1 N–H and O–H groups in total. The second kappa shape index (κ2) is 4.72. The van der Waals surface area contributed by atoms with E-state index in [4.69, 9.17) is 4.52 Å². The van der Waals surface area contributed by atoms with Gasteiger partial charge in [0.1, 0.15) is 6.10 Å². The fourth-order valence-electron chi connectivity index (χ4n) is 1.77. The Morgan fingerprint density at radius 3 is 2.94 bits per heavy atom. The van der Waals surface area contributed by atoms with Crippen molar-refractivity contribution >= 4 is 11.3 Å². The third kappa shape index (κ3) is 1.94. The second-order valence-electron chi connectivity index (χ2n) is 3.81. The highest BCUT2D eigenvalue weighted by Gasteiger charge is 2.20. The Hall–Kier alpha value is -1.98. The highest BCUT2D eigenvalue weighted by Crippen LogP contribution is 2.32. The molecule has 3 aromatic heterocycles. The molecule has 1 atom stereocenters. The maximum absolute atomic E-state index is 10.3. The topological polar surface area (TPSA) is 59.2 Å². The molecule has 18 heavy (non-hydrogen) atoms. The van der Waals surface area contributed by atoms with Crippen LogP contribution in [0.4, 0.5) is 0 Å². The highest BCUT2D eigenvalue weighted by molar-refractivity contribution is 7.08. The van der Waals surface area contributed by atoms with Crippen LogP contribution in [0.25, 0.3) is 11.3 Å². The summed E-state index contributed by atoms with van der Waals surface area (Å²) >= 11 is 1.57. The summed E-state index contributed by atoms with van der Waals surface area (Å²) in [6, 6.07) is 5.54. The standard InChI is InChI=1S/C13H10N2O2S/c16-12(9-2-1-4-14-6-9)11-7-15-17-13(11)10-3-5-18-8-10/h1-8,12,16H. The first-order chi connectivity index (χ1) is 8.86. The van der Waals surface area contributed by atoms with Crippen molar-refractivity contribution in [2.24, 2.45) is 0 Å². The number of hydrogen-bond acceptors (Lipinski definition) is 5. The van der Waals surface area contributed by atoms with Gasteiger partial charge in [-0.3, -0.25) is 4.98 Å². The van der Waals surface area contributed by atoms with Crippen LogP contribution in [0.1, 0.15) is 17.2 Å². The summed E-state index contributed by atoms with van der Waals surface area (Å²) in [5, 5.41) is 18.0. The minimum absolute atomic E-state index is 0.604. The molecule has 5 heteroatoms. The number of thiophene rings is 1. The lowest BCUT2D eigenvalue weighted by atomic mass is 10.0. The number of nitrogens with zero attached hydrogens (tertiary/aromatic N) is 2. The van der Waals surface area contributed by atoms with E-state index < -0.39 is 6.10 Å². The van der Waals surface area contributed by atoms with Gasteiger partial charge in [-0.15, -0.1) is 0 Å². The van der Waals surface area contributed by atoms with E-state index in [1.54, 1.807) is 36.0 Å².